The molecular weight excluding hydrogens is 426 g/mol. The van der Waals surface area contributed by atoms with Gasteiger partial charge in [-0.2, -0.15) is 0 Å². The minimum absolute atomic E-state index is 0.101. The van der Waals surface area contributed by atoms with Gasteiger partial charge >= 0.3 is 5.97 Å². The standard InChI is InChI=1S/C20H15N3O5S2/c24-15(28-23-19(26)10-4-1-2-5-11(10)20(23)27)9-29-8-14-21-17(25)16-12-6-3-7-13(12)30-18(16)22-14/h1-2,4-5H,3,6-9H2,(H,21,22,25). The van der Waals surface area contributed by atoms with E-state index in [1.54, 1.807) is 23.5 Å². The Morgan fingerprint density at radius 1 is 1.17 bits per heavy atom. The molecule has 0 saturated heterocycles. The molecule has 3 aromatic rings. The third-order valence-electron chi connectivity index (χ3n) is 5.03. The van der Waals surface area contributed by atoms with Crippen LogP contribution in [0.2, 0.25) is 0 Å². The van der Waals surface area contributed by atoms with E-state index in [1.165, 1.54) is 28.8 Å². The number of amides is 2. The maximum absolute atomic E-state index is 12.5. The maximum atomic E-state index is 12.5. The molecule has 152 valence electrons. The van der Waals surface area contributed by atoms with E-state index >= 15 is 0 Å². The fourth-order valence-electron chi connectivity index (χ4n) is 3.72. The van der Waals surface area contributed by atoms with Crippen molar-refractivity contribution in [1.82, 2.24) is 15.0 Å². The number of thiophene rings is 1. The molecule has 30 heavy (non-hydrogen) atoms. The normalized spacial score (nSPS) is 15.0. The van der Waals surface area contributed by atoms with Crippen LogP contribution in [0.4, 0.5) is 0 Å². The smallest absolute Gasteiger partial charge is 0.329 e. The minimum atomic E-state index is -0.729. The number of imide groups is 1. The molecule has 2 aromatic heterocycles. The molecule has 8 nitrogen and oxygen atoms in total. The molecule has 0 radical (unpaired) electrons. The summed E-state index contributed by atoms with van der Waals surface area (Å²) in [6.45, 7) is 0. The summed E-state index contributed by atoms with van der Waals surface area (Å²) in [5.41, 5.74) is 1.39. The van der Waals surface area contributed by atoms with Crippen molar-refractivity contribution in [2.45, 2.75) is 25.0 Å². The topological polar surface area (TPSA) is 109 Å². The van der Waals surface area contributed by atoms with Crippen LogP contribution in [0.1, 0.15) is 43.4 Å². The van der Waals surface area contributed by atoms with Gasteiger partial charge in [-0.05, 0) is 37.0 Å². The van der Waals surface area contributed by atoms with E-state index in [4.69, 9.17) is 4.84 Å². The zero-order chi connectivity index (χ0) is 20.8. The van der Waals surface area contributed by atoms with Crippen LogP contribution in [-0.2, 0) is 28.2 Å². The Morgan fingerprint density at radius 3 is 2.63 bits per heavy atom. The van der Waals surface area contributed by atoms with Crippen LogP contribution in [0.25, 0.3) is 10.2 Å². The summed E-state index contributed by atoms with van der Waals surface area (Å²) in [6, 6.07) is 6.30. The number of hydrogen-bond donors (Lipinski definition) is 1. The Labute approximate surface area is 178 Å². The number of carbonyl (C=O) groups excluding carboxylic acids is 3. The summed E-state index contributed by atoms with van der Waals surface area (Å²) in [7, 11) is 0. The van der Waals surface area contributed by atoms with Crippen molar-refractivity contribution in [3.8, 4) is 0 Å². The van der Waals surface area contributed by atoms with Crippen LogP contribution in [0.15, 0.2) is 29.1 Å². The molecule has 2 amide bonds. The Kier molecular flexibility index (Phi) is 4.67. The highest BCUT2D eigenvalue weighted by atomic mass is 32.2. The number of fused-ring (bicyclic) bond motifs is 4. The third-order valence-corrected chi connectivity index (χ3v) is 7.14. The van der Waals surface area contributed by atoms with Crippen LogP contribution in [0.5, 0.6) is 0 Å². The van der Waals surface area contributed by atoms with E-state index in [9.17, 15) is 19.2 Å². The molecule has 3 heterocycles. The van der Waals surface area contributed by atoms with Gasteiger partial charge in [0.1, 0.15) is 10.7 Å². The SMILES string of the molecule is O=C(CSCc1nc2sc3c(c2c(=O)[nH]1)CCC3)ON1C(=O)c2ccccc2C1=O. The van der Waals surface area contributed by atoms with E-state index in [0.717, 1.165) is 29.7 Å². The molecule has 2 aliphatic rings. The molecule has 1 N–H and O–H groups in total. The number of aryl methyl sites for hydroxylation is 2. The fraction of sp³-hybridized carbons (Fsp3) is 0.250. The van der Waals surface area contributed by atoms with E-state index < -0.39 is 17.8 Å². The van der Waals surface area contributed by atoms with E-state index in [1.807, 2.05) is 0 Å². The summed E-state index contributed by atoms with van der Waals surface area (Å²) in [5.74, 6) is -1.37. The second-order valence-corrected chi connectivity index (χ2v) is 9.03. The first-order valence-corrected chi connectivity index (χ1v) is 11.3. The Hall–Kier alpha value is -2.98. The lowest BCUT2D eigenvalue weighted by molar-refractivity contribution is -0.165. The van der Waals surface area contributed by atoms with Crippen LogP contribution < -0.4 is 5.56 Å². The molecule has 1 aliphatic carbocycles. The van der Waals surface area contributed by atoms with Crippen LogP contribution in [-0.4, -0.2) is 38.6 Å². The van der Waals surface area contributed by atoms with E-state index in [-0.39, 0.29) is 22.4 Å². The molecule has 0 saturated carbocycles. The van der Waals surface area contributed by atoms with Gasteiger partial charge in [0.25, 0.3) is 17.4 Å². The molecule has 1 aliphatic heterocycles. The molecule has 0 spiro atoms. The molecule has 10 heteroatoms. The van der Waals surface area contributed by atoms with Gasteiger partial charge in [0, 0.05) is 4.88 Å². The lowest BCUT2D eigenvalue weighted by Gasteiger charge is -2.12. The maximum Gasteiger partial charge on any atom is 0.343 e. The average Bonchev–Trinajstić information content (AvgIpc) is 3.37. The first-order chi connectivity index (χ1) is 14.5. The molecule has 1 aromatic carbocycles. The van der Waals surface area contributed by atoms with Crippen molar-refractivity contribution in [2.75, 3.05) is 5.75 Å². The van der Waals surface area contributed by atoms with Crippen molar-refractivity contribution in [1.29, 1.82) is 0 Å². The molecule has 5 rings (SSSR count). The fourth-order valence-corrected chi connectivity index (χ4v) is 5.66. The number of nitrogens with zero attached hydrogens (tertiary/aromatic N) is 2. The molecule has 0 bridgehead atoms. The minimum Gasteiger partial charge on any atom is -0.329 e. The van der Waals surface area contributed by atoms with Crippen molar-refractivity contribution in [3.05, 3.63) is 62.0 Å². The average molecular weight is 441 g/mol. The second-order valence-electron chi connectivity index (χ2n) is 6.96. The first kappa shape index (κ1) is 19.0. The lowest BCUT2D eigenvalue weighted by Crippen LogP contribution is -2.33. The Balaban J connectivity index is 1.21. The van der Waals surface area contributed by atoms with Crippen LogP contribution >= 0.6 is 23.1 Å². The number of rotatable bonds is 5. The van der Waals surface area contributed by atoms with Gasteiger partial charge in [0.05, 0.1) is 28.0 Å². The molecule has 0 atom stereocenters. The summed E-state index contributed by atoms with van der Waals surface area (Å²) >= 11 is 2.74. The molecule has 0 fully saturated rings. The number of thioether (sulfide) groups is 1. The van der Waals surface area contributed by atoms with E-state index in [0.29, 0.717) is 22.0 Å². The first-order valence-electron chi connectivity index (χ1n) is 9.32. The Bertz CT molecular complexity index is 1240. The number of hydrogen-bond acceptors (Lipinski definition) is 8. The number of aromatic nitrogens is 2. The van der Waals surface area contributed by atoms with Gasteiger partial charge in [-0.15, -0.1) is 23.1 Å². The summed E-state index contributed by atoms with van der Waals surface area (Å²) in [5, 5.41) is 1.18. The second kappa shape index (κ2) is 7.37. The summed E-state index contributed by atoms with van der Waals surface area (Å²) in [4.78, 5) is 63.3. The highest BCUT2D eigenvalue weighted by Crippen LogP contribution is 2.34. The number of aromatic amines is 1. The highest BCUT2D eigenvalue weighted by Gasteiger charge is 2.38. The van der Waals surface area contributed by atoms with Crippen molar-refractivity contribution >= 4 is 51.1 Å². The van der Waals surface area contributed by atoms with Crippen molar-refractivity contribution in [3.63, 3.8) is 0 Å². The van der Waals surface area contributed by atoms with Crippen LogP contribution in [0.3, 0.4) is 0 Å². The van der Waals surface area contributed by atoms with E-state index in [2.05, 4.69) is 9.97 Å². The number of nitrogens with one attached hydrogen (secondary N) is 1. The van der Waals surface area contributed by atoms with Gasteiger partial charge in [0.2, 0.25) is 0 Å². The zero-order valence-electron chi connectivity index (χ0n) is 15.6. The van der Waals surface area contributed by atoms with Gasteiger partial charge in [0.15, 0.2) is 0 Å². The van der Waals surface area contributed by atoms with Crippen molar-refractivity contribution < 1.29 is 19.2 Å². The molecular formula is C20H15N3O5S2. The van der Waals surface area contributed by atoms with Gasteiger partial charge in [-0.25, -0.2) is 9.78 Å². The zero-order valence-corrected chi connectivity index (χ0v) is 17.2. The van der Waals surface area contributed by atoms with Crippen molar-refractivity contribution in [2.24, 2.45) is 0 Å². The highest BCUT2D eigenvalue weighted by molar-refractivity contribution is 7.99. The monoisotopic (exact) mass is 441 g/mol. The molecule has 0 unspecified atom stereocenters. The number of H-pyrrole nitrogens is 1. The van der Waals surface area contributed by atoms with Gasteiger partial charge in [-0.3, -0.25) is 14.4 Å². The third kappa shape index (κ3) is 3.12. The summed E-state index contributed by atoms with van der Waals surface area (Å²) < 4.78 is 0. The number of carbonyl (C=O) groups is 3. The summed E-state index contributed by atoms with van der Waals surface area (Å²) in [6.07, 6.45) is 2.98. The quantitative estimate of drug-likeness (QED) is 0.606. The van der Waals surface area contributed by atoms with Gasteiger partial charge in [-0.1, -0.05) is 17.2 Å². The number of hydroxylamine groups is 2. The predicted molar refractivity (Wildman–Crippen MR) is 111 cm³/mol. The largest absolute Gasteiger partial charge is 0.343 e. The number of benzene rings is 1. The lowest BCUT2D eigenvalue weighted by atomic mass is 10.1. The Morgan fingerprint density at radius 2 is 1.90 bits per heavy atom. The van der Waals surface area contributed by atoms with Gasteiger partial charge < -0.3 is 9.82 Å². The van der Waals surface area contributed by atoms with Crippen LogP contribution in [0, 0.1) is 0 Å². The predicted octanol–water partition coefficient (Wildman–Crippen LogP) is 2.46.